The molecule has 0 aromatic heterocycles. The lowest BCUT2D eigenvalue weighted by atomic mass is 9.74. The third-order valence-corrected chi connectivity index (χ3v) is 3.88. The van der Waals surface area contributed by atoms with E-state index in [0.29, 0.717) is 17.5 Å². The van der Waals surface area contributed by atoms with Crippen molar-refractivity contribution < 1.29 is 19.4 Å². The van der Waals surface area contributed by atoms with Gasteiger partial charge in [-0.15, -0.1) is 0 Å². The van der Waals surface area contributed by atoms with Gasteiger partial charge in [-0.25, -0.2) is 0 Å². The SMILES string of the molecule is CCOC(=O)C1(CO)c2ccccc2C(=O)C1CC. The number of hydrogen-bond donors (Lipinski definition) is 1. The Bertz CT molecular complexity index is 509. The molecule has 1 N–H and O–H groups in total. The molecule has 4 heteroatoms. The Kier molecular flexibility index (Phi) is 3.71. The number of benzene rings is 1. The van der Waals surface area contributed by atoms with Gasteiger partial charge in [0.1, 0.15) is 5.41 Å². The number of carbonyl (C=O) groups excluding carboxylic acids is 2. The molecule has 0 saturated carbocycles. The van der Waals surface area contributed by atoms with Gasteiger partial charge in [-0.05, 0) is 18.9 Å². The van der Waals surface area contributed by atoms with Crippen LogP contribution in [0.3, 0.4) is 0 Å². The topological polar surface area (TPSA) is 63.6 Å². The molecular weight excluding hydrogens is 244 g/mol. The summed E-state index contributed by atoms with van der Waals surface area (Å²) in [5.41, 5.74) is -0.123. The largest absolute Gasteiger partial charge is 0.465 e. The molecule has 19 heavy (non-hydrogen) atoms. The first-order valence-corrected chi connectivity index (χ1v) is 6.55. The van der Waals surface area contributed by atoms with Crippen molar-refractivity contribution in [2.75, 3.05) is 13.2 Å². The normalized spacial score (nSPS) is 25.2. The highest BCUT2D eigenvalue weighted by atomic mass is 16.5. The van der Waals surface area contributed by atoms with E-state index in [1.807, 2.05) is 6.92 Å². The number of aliphatic hydroxyl groups is 1. The maximum absolute atomic E-state index is 12.4. The Balaban J connectivity index is 2.63. The lowest BCUT2D eigenvalue weighted by Gasteiger charge is -2.30. The van der Waals surface area contributed by atoms with Crippen molar-refractivity contribution in [3.63, 3.8) is 0 Å². The summed E-state index contributed by atoms with van der Waals surface area (Å²) in [4.78, 5) is 24.7. The van der Waals surface area contributed by atoms with E-state index in [1.54, 1.807) is 31.2 Å². The summed E-state index contributed by atoms with van der Waals surface area (Å²) in [5.74, 6) is -1.14. The van der Waals surface area contributed by atoms with E-state index in [0.717, 1.165) is 0 Å². The predicted molar refractivity (Wildman–Crippen MR) is 70.0 cm³/mol. The average Bonchev–Trinajstić information content (AvgIpc) is 2.69. The Hall–Kier alpha value is -1.68. The molecule has 0 spiro atoms. The minimum absolute atomic E-state index is 0.0831. The van der Waals surface area contributed by atoms with Gasteiger partial charge in [0, 0.05) is 11.5 Å². The molecule has 0 amide bonds. The van der Waals surface area contributed by atoms with E-state index in [2.05, 4.69) is 0 Å². The first kappa shape index (κ1) is 13.7. The minimum Gasteiger partial charge on any atom is -0.465 e. The molecular formula is C15H18O4. The number of aliphatic hydroxyl groups excluding tert-OH is 1. The van der Waals surface area contributed by atoms with Gasteiger partial charge in [-0.1, -0.05) is 31.2 Å². The summed E-state index contributed by atoms with van der Waals surface area (Å²) in [6, 6.07) is 6.98. The van der Waals surface area contributed by atoms with Crippen LogP contribution in [0.5, 0.6) is 0 Å². The van der Waals surface area contributed by atoms with E-state index in [1.165, 1.54) is 0 Å². The van der Waals surface area contributed by atoms with Crippen LogP contribution in [0.1, 0.15) is 36.2 Å². The Morgan fingerprint density at radius 3 is 2.63 bits per heavy atom. The Morgan fingerprint density at radius 1 is 1.37 bits per heavy atom. The number of fused-ring (bicyclic) bond motifs is 1. The molecule has 0 fully saturated rings. The Labute approximate surface area is 112 Å². The van der Waals surface area contributed by atoms with Gasteiger partial charge in [0.15, 0.2) is 5.78 Å². The van der Waals surface area contributed by atoms with Crippen molar-refractivity contribution in [3.8, 4) is 0 Å². The number of esters is 1. The van der Waals surface area contributed by atoms with Crippen molar-refractivity contribution >= 4 is 11.8 Å². The maximum Gasteiger partial charge on any atom is 0.319 e. The summed E-state index contributed by atoms with van der Waals surface area (Å²) in [7, 11) is 0. The average molecular weight is 262 g/mol. The lowest BCUT2D eigenvalue weighted by Crippen LogP contribution is -2.46. The number of carbonyl (C=O) groups is 2. The fraction of sp³-hybridized carbons (Fsp3) is 0.467. The quantitative estimate of drug-likeness (QED) is 0.839. The predicted octanol–water partition coefficient (Wildman–Crippen LogP) is 1.70. The molecule has 0 bridgehead atoms. The van der Waals surface area contributed by atoms with E-state index in [-0.39, 0.29) is 12.4 Å². The molecule has 1 aliphatic carbocycles. The Morgan fingerprint density at radius 2 is 2.05 bits per heavy atom. The minimum atomic E-state index is -1.24. The van der Waals surface area contributed by atoms with Crippen LogP contribution in [0.2, 0.25) is 0 Å². The second-order valence-electron chi connectivity index (χ2n) is 4.72. The summed E-state index contributed by atoms with van der Waals surface area (Å²) in [6.07, 6.45) is 0.493. The lowest BCUT2D eigenvalue weighted by molar-refractivity contribution is -0.153. The van der Waals surface area contributed by atoms with E-state index >= 15 is 0 Å². The zero-order valence-corrected chi connectivity index (χ0v) is 11.2. The summed E-state index contributed by atoms with van der Waals surface area (Å²) in [6.45, 7) is 3.38. The molecule has 0 radical (unpaired) electrons. The summed E-state index contributed by atoms with van der Waals surface area (Å²) < 4.78 is 5.11. The molecule has 0 heterocycles. The zero-order chi connectivity index (χ0) is 14.0. The van der Waals surface area contributed by atoms with Gasteiger partial charge in [0.2, 0.25) is 0 Å². The smallest absolute Gasteiger partial charge is 0.319 e. The van der Waals surface area contributed by atoms with Crippen LogP contribution in [0, 0.1) is 5.92 Å². The van der Waals surface area contributed by atoms with Crippen LogP contribution in [0.25, 0.3) is 0 Å². The molecule has 1 aromatic rings. The number of ketones is 1. The highest BCUT2D eigenvalue weighted by Gasteiger charge is 2.56. The second-order valence-corrected chi connectivity index (χ2v) is 4.72. The van der Waals surface area contributed by atoms with Crippen molar-refractivity contribution in [2.45, 2.75) is 25.7 Å². The van der Waals surface area contributed by atoms with Crippen LogP contribution >= 0.6 is 0 Å². The molecule has 0 aliphatic heterocycles. The molecule has 102 valence electrons. The second kappa shape index (κ2) is 5.13. The maximum atomic E-state index is 12.4. The zero-order valence-electron chi connectivity index (χ0n) is 11.2. The third-order valence-electron chi connectivity index (χ3n) is 3.88. The standard InChI is InChI=1S/C15H18O4/c1-3-11-13(17)10-7-5-6-8-12(10)15(11,9-16)14(18)19-4-2/h5-8,11,16H,3-4,9H2,1-2H3. The van der Waals surface area contributed by atoms with Crippen LogP contribution in [0.4, 0.5) is 0 Å². The number of hydrogen-bond acceptors (Lipinski definition) is 4. The molecule has 0 saturated heterocycles. The first-order chi connectivity index (χ1) is 9.13. The van der Waals surface area contributed by atoms with Crippen molar-refractivity contribution in [3.05, 3.63) is 35.4 Å². The van der Waals surface area contributed by atoms with E-state index in [4.69, 9.17) is 4.74 Å². The number of ether oxygens (including phenoxy) is 1. The molecule has 2 atom stereocenters. The highest BCUT2D eigenvalue weighted by molar-refractivity contribution is 6.09. The van der Waals surface area contributed by atoms with Gasteiger partial charge in [0.05, 0.1) is 13.2 Å². The van der Waals surface area contributed by atoms with Crippen LogP contribution in [0.15, 0.2) is 24.3 Å². The van der Waals surface area contributed by atoms with E-state index < -0.39 is 23.9 Å². The van der Waals surface area contributed by atoms with Crippen LogP contribution in [-0.2, 0) is 14.9 Å². The van der Waals surface area contributed by atoms with E-state index in [9.17, 15) is 14.7 Å². The fourth-order valence-corrected chi connectivity index (χ4v) is 2.99. The molecule has 2 rings (SSSR count). The van der Waals surface area contributed by atoms with Gasteiger partial charge in [-0.2, -0.15) is 0 Å². The van der Waals surface area contributed by atoms with Crippen LogP contribution in [-0.4, -0.2) is 30.1 Å². The molecule has 1 aliphatic rings. The molecule has 2 unspecified atom stereocenters. The monoisotopic (exact) mass is 262 g/mol. The highest BCUT2D eigenvalue weighted by Crippen LogP contribution is 2.45. The fourth-order valence-electron chi connectivity index (χ4n) is 2.99. The first-order valence-electron chi connectivity index (χ1n) is 6.55. The third kappa shape index (κ3) is 1.78. The van der Waals surface area contributed by atoms with Crippen molar-refractivity contribution in [1.29, 1.82) is 0 Å². The van der Waals surface area contributed by atoms with Gasteiger partial charge in [-0.3, -0.25) is 9.59 Å². The summed E-state index contributed by atoms with van der Waals surface area (Å²) >= 11 is 0. The number of Topliss-reactive ketones (excluding diaryl/α,β-unsaturated/α-hetero) is 1. The number of rotatable bonds is 4. The van der Waals surface area contributed by atoms with Crippen LogP contribution < -0.4 is 0 Å². The summed E-state index contributed by atoms with van der Waals surface area (Å²) in [5, 5.41) is 9.83. The van der Waals surface area contributed by atoms with Crippen molar-refractivity contribution in [2.24, 2.45) is 5.92 Å². The molecule has 1 aromatic carbocycles. The van der Waals surface area contributed by atoms with Gasteiger partial charge >= 0.3 is 5.97 Å². The van der Waals surface area contributed by atoms with Gasteiger partial charge in [0.25, 0.3) is 0 Å². The van der Waals surface area contributed by atoms with Crippen molar-refractivity contribution in [1.82, 2.24) is 0 Å². The molecule has 4 nitrogen and oxygen atoms in total. The van der Waals surface area contributed by atoms with Gasteiger partial charge < -0.3 is 9.84 Å².